The number of nitrogen functional groups attached to an aromatic ring is 1. The third-order valence-electron chi connectivity index (χ3n) is 2.45. The summed E-state index contributed by atoms with van der Waals surface area (Å²) in [4.78, 5) is 8.27. The zero-order valence-electron chi connectivity index (χ0n) is 8.94. The molecule has 2 N–H and O–H groups in total. The van der Waals surface area contributed by atoms with Crippen LogP contribution < -0.4 is 5.73 Å². The van der Waals surface area contributed by atoms with Crippen LogP contribution in [0, 0.1) is 0 Å². The number of nitrogens with two attached hydrogens (primary N) is 1. The number of halogens is 1. The van der Waals surface area contributed by atoms with Crippen molar-refractivity contribution in [2.75, 3.05) is 5.73 Å². The Balaban J connectivity index is 2.55. The van der Waals surface area contributed by atoms with Crippen molar-refractivity contribution in [2.24, 2.45) is 0 Å². The predicted octanol–water partition coefficient (Wildman–Crippen LogP) is 2.94. The minimum absolute atomic E-state index is 0.544. The highest BCUT2D eigenvalue weighted by molar-refractivity contribution is 6.30. The van der Waals surface area contributed by atoms with Crippen LogP contribution in [-0.4, -0.2) is 9.97 Å². The Hall–Kier alpha value is -1.61. The molecule has 0 bridgehead atoms. The van der Waals surface area contributed by atoms with Crippen molar-refractivity contribution in [3.63, 3.8) is 0 Å². The van der Waals surface area contributed by atoms with Crippen molar-refractivity contribution in [1.82, 2.24) is 9.97 Å². The monoisotopic (exact) mass is 233 g/mol. The number of benzene rings is 1. The Labute approximate surface area is 99.3 Å². The molecule has 0 amide bonds. The first-order valence-corrected chi connectivity index (χ1v) is 5.45. The van der Waals surface area contributed by atoms with E-state index in [0.29, 0.717) is 10.8 Å². The fourth-order valence-electron chi connectivity index (χ4n) is 1.63. The van der Waals surface area contributed by atoms with Crippen molar-refractivity contribution in [3.05, 3.63) is 41.2 Å². The molecular formula is C12H12ClN3. The highest BCUT2D eigenvalue weighted by Crippen LogP contribution is 2.25. The molecule has 2 rings (SSSR count). The van der Waals surface area contributed by atoms with Crippen LogP contribution in [-0.2, 0) is 6.42 Å². The van der Waals surface area contributed by atoms with Crippen LogP contribution in [0.2, 0.25) is 5.02 Å². The fourth-order valence-corrected chi connectivity index (χ4v) is 1.76. The van der Waals surface area contributed by atoms with Crippen molar-refractivity contribution in [3.8, 4) is 11.3 Å². The van der Waals surface area contributed by atoms with Gasteiger partial charge in [0.05, 0.1) is 5.69 Å². The van der Waals surface area contributed by atoms with Gasteiger partial charge >= 0.3 is 0 Å². The molecule has 0 fully saturated rings. The normalized spacial score (nSPS) is 10.4. The third-order valence-corrected chi connectivity index (χ3v) is 2.70. The summed E-state index contributed by atoms with van der Waals surface area (Å²) in [5.74, 6) is 0.544. The number of rotatable bonds is 2. The van der Waals surface area contributed by atoms with Gasteiger partial charge in [0.2, 0.25) is 0 Å². The van der Waals surface area contributed by atoms with E-state index in [9.17, 15) is 0 Å². The average molecular weight is 234 g/mol. The van der Waals surface area contributed by atoms with Gasteiger partial charge in [0.25, 0.3) is 0 Å². The second kappa shape index (κ2) is 4.49. The van der Waals surface area contributed by atoms with Crippen LogP contribution >= 0.6 is 11.6 Å². The SMILES string of the molecule is CCc1c(N)ncnc1-c1ccc(Cl)cc1. The van der Waals surface area contributed by atoms with Crippen LogP contribution in [0.15, 0.2) is 30.6 Å². The fraction of sp³-hybridized carbons (Fsp3) is 0.167. The topological polar surface area (TPSA) is 51.8 Å². The standard InChI is InChI=1S/C12H12ClN3/c1-2-10-11(15-7-16-12(10)14)8-3-5-9(13)6-4-8/h3-7H,2H2,1H3,(H2,14,15,16). The molecule has 82 valence electrons. The summed E-state index contributed by atoms with van der Waals surface area (Å²) >= 11 is 5.85. The lowest BCUT2D eigenvalue weighted by atomic mass is 10.0. The zero-order chi connectivity index (χ0) is 11.5. The minimum Gasteiger partial charge on any atom is -0.383 e. The summed E-state index contributed by atoms with van der Waals surface area (Å²) in [7, 11) is 0. The number of anilines is 1. The van der Waals surface area contributed by atoms with Gasteiger partial charge in [-0.2, -0.15) is 0 Å². The van der Waals surface area contributed by atoms with E-state index in [-0.39, 0.29) is 0 Å². The van der Waals surface area contributed by atoms with E-state index in [0.717, 1.165) is 23.2 Å². The first-order valence-electron chi connectivity index (χ1n) is 5.07. The van der Waals surface area contributed by atoms with Crippen LogP contribution in [0.4, 0.5) is 5.82 Å². The van der Waals surface area contributed by atoms with Gasteiger partial charge in [-0.15, -0.1) is 0 Å². The quantitative estimate of drug-likeness (QED) is 0.868. The molecule has 0 aliphatic rings. The van der Waals surface area contributed by atoms with Gasteiger partial charge in [-0.25, -0.2) is 9.97 Å². The minimum atomic E-state index is 0.544. The van der Waals surface area contributed by atoms with Gasteiger partial charge in [-0.05, 0) is 18.6 Å². The van der Waals surface area contributed by atoms with Gasteiger partial charge < -0.3 is 5.73 Å². The van der Waals surface area contributed by atoms with E-state index < -0.39 is 0 Å². The molecule has 0 spiro atoms. The van der Waals surface area contributed by atoms with E-state index in [4.69, 9.17) is 17.3 Å². The van der Waals surface area contributed by atoms with Crippen molar-refractivity contribution >= 4 is 17.4 Å². The first kappa shape index (κ1) is 10.9. The zero-order valence-corrected chi connectivity index (χ0v) is 9.70. The molecule has 1 heterocycles. The smallest absolute Gasteiger partial charge is 0.130 e. The molecule has 1 aromatic heterocycles. The lowest BCUT2D eigenvalue weighted by molar-refractivity contribution is 1.06. The van der Waals surface area contributed by atoms with Crippen molar-refractivity contribution in [2.45, 2.75) is 13.3 Å². The van der Waals surface area contributed by atoms with Crippen LogP contribution in [0.25, 0.3) is 11.3 Å². The van der Waals surface area contributed by atoms with Crippen LogP contribution in [0.3, 0.4) is 0 Å². The Kier molecular flexibility index (Phi) is 3.06. The molecule has 0 unspecified atom stereocenters. The molecule has 0 aliphatic heterocycles. The van der Waals surface area contributed by atoms with Gasteiger partial charge in [-0.1, -0.05) is 30.7 Å². The number of aromatic nitrogens is 2. The maximum atomic E-state index is 5.85. The Morgan fingerprint density at radius 3 is 2.50 bits per heavy atom. The summed E-state index contributed by atoms with van der Waals surface area (Å²) in [5.41, 5.74) is 8.69. The Morgan fingerprint density at radius 2 is 1.88 bits per heavy atom. The molecule has 1 aromatic carbocycles. The van der Waals surface area contributed by atoms with Gasteiger partial charge in [-0.3, -0.25) is 0 Å². The van der Waals surface area contributed by atoms with Gasteiger partial charge in [0.1, 0.15) is 12.1 Å². The largest absolute Gasteiger partial charge is 0.383 e. The summed E-state index contributed by atoms with van der Waals surface area (Å²) in [5, 5.41) is 0.712. The maximum absolute atomic E-state index is 5.85. The molecule has 0 saturated carbocycles. The van der Waals surface area contributed by atoms with Crippen molar-refractivity contribution < 1.29 is 0 Å². The predicted molar refractivity (Wildman–Crippen MR) is 66.3 cm³/mol. The van der Waals surface area contributed by atoms with Gasteiger partial charge in [0, 0.05) is 16.1 Å². The lowest BCUT2D eigenvalue weighted by Gasteiger charge is -2.08. The summed E-state index contributed by atoms with van der Waals surface area (Å²) in [6.07, 6.45) is 2.29. The second-order valence-electron chi connectivity index (χ2n) is 3.45. The Bertz CT molecular complexity index is 494. The van der Waals surface area contributed by atoms with E-state index >= 15 is 0 Å². The van der Waals surface area contributed by atoms with E-state index in [2.05, 4.69) is 9.97 Å². The molecule has 0 aliphatic carbocycles. The summed E-state index contributed by atoms with van der Waals surface area (Å²) in [6, 6.07) is 7.55. The van der Waals surface area contributed by atoms with E-state index in [1.807, 2.05) is 31.2 Å². The summed E-state index contributed by atoms with van der Waals surface area (Å²) < 4.78 is 0. The molecular weight excluding hydrogens is 222 g/mol. The maximum Gasteiger partial charge on any atom is 0.130 e. The first-order chi connectivity index (χ1) is 7.72. The van der Waals surface area contributed by atoms with Gasteiger partial charge in [0.15, 0.2) is 0 Å². The number of hydrogen-bond acceptors (Lipinski definition) is 3. The Morgan fingerprint density at radius 1 is 1.19 bits per heavy atom. The molecule has 4 heteroatoms. The molecule has 0 saturated heterocycles. The lowest BCUT2D eigenvalue weighted by Crippen LogP contribution is -2.01. The van der Waals surface area contributed by atoms with E-state index in [1.165, 1.54) is 6.33 Å². The van der Waals surface area contributed by atoms with Crippen molar-refractivity contribution in [1.29, 1.82) is 0 Å². The second-order valence-corrected chi connectivity index (χ2v) is 3.88. The molecule has 2 aromatic rings. The van der Waals surface area contributed by atoms with E-state index in [1.54, 1.807) is 0 Å². The highest BCUT2D eigenvalue weighted by atomic mass is 35.5. The van der Waals surface area contributed by atoms with Crippen LogP contribution in [0.1, 0.15) is 12.5 Å². The average Bonchev–Trinajstić information content (AvgIpc) is 2.30. The van der Waals surface area contributed by atoms with Crippen LogP contribution in [0.5, 0.6) is 0 Å². The number of nitrogens with zero attached hydrogens (tertiary/aromatic N) is 2. The molecule has 0 radical (unpaired) electrons. The third kappa shape index (κ3) is 1.99. The summed E-state index contributed by atoms with van der Waals surface area (Å²) in [6.45, 7) is 2.04. The molecule has 0 atom stereocenters. The molecule has 3 nitrogen and oxygen atoms in total. The highest BCUT2D eigenvalue weighted by Gasteiger charge is 2.08. The number of hydrogen-bond donors (Lipinski definition) is 1. The molecule has 16 heavy (non-hydrogen) atoms.